The molecular formula is C11H11BrS. The summed E-state index contributed by atoms with van der Waals surface area (Å²) in [5.41, 5.74) is 1.45. The Bertz CT molecular complexity index is 443. The molecule has 2 rings (SSSR count). The van der Waals surface area contributed by atoms with Crippen molar-refractivity contribution in [3.05, 3.63) is 33.1 Å². The number of benzene rings is 1. The van der Waals surface area contributed by atoms with E-state index in [1.165, 1.54) is 25.0 Å². The van der Waals surface area contributed by atoms with E-state index in [9.17, 15) is 0 Å². The molecule has 0 bridgehead atoms. The Hall–Kier alpha value is -0.340. The summed E-state index contributed by atoms with van der Waals surface area (Å²) in [5.74, 6) is 0. The van der Waals surface area contributed by atoms with Crippen molar-refractivity contribution in [2.24, 2.45) is 0 Å². The van der Waals surface area contributed by atoms with Gasteiger partial charge < -0.3 is 0 Å². The van der Waals surface area contributed by atoms with Crippen molar-refractivity contribution < 1.29 is 0 Å². The largest absolute Gasteiger partial charge is 0.140 e. The summed E-state index contributed by atoms with van der Waals surface area (Å²) < 4.78 is 2.56. The van der Waals surface area contributed by atoms with Gasteiger partial charge in [-0.05, 0) is 36.4 Å². The van der Waals surface area contributed by atoms with Crippen molar-refractivity contribution in [2.75, 3.05) is 0 Å². The molecule has 13 heavy (non-hydrogen) atoms. The number of thiophene rings is 1. The van der Waals surface area contributed by atoms with E-state index >= 15 is 0 Å². The van der Waals surface area contributed by atoms with Crippen LogP contribution in [0.3, 0.4) is 0 Å². The van der Waals surface area contributed by atoms with E-state index in [0.717, 1.165) is 6.42 Å². The lowest BCUT2D eigenvalue weighted by molar-refractivity contribution is 1.16. The zero-order valence-electron chi connectivity index (χ0n) is 7.73. The Morgan fingerprint density at radius 3 is 2.85 bits per heavy atom. The predicted molar refractivity (Wildman–Crippen MR) is 63.6 cm³/mol. The van der Waals surface area contributed by atoms with Gasteiger partial charge in [-0.15, -0.1) is 11.3 Å². The SMILES string of the molecule is CCc1sc2cc(Br)ccc2c1C. The van der Waals surface area contributed by atoms with E-state index in [1.807, 2.05) is 11.3 Å². The molecule has 0 aliphatic rings. The number of halogens is 1. The highest BCUT2D eigenvalue weighted by Gasteiger charge is 2.06. The molecule has 0 atom stereocenters. The molecule has 0 spiro atoms. The summed E-state index contributed by atoms with van der Waals surface area (Å²) in [7, 11) is 0. The van der Waals surface area contributed by atoms with E-state index in [1.54, 1.807) is 0 Å². The second-order valence-corrected chi connectivity index (χ2v) is 5.20. The summed E-state index contributed by atoms with van der Waals surface area (Å²) in [6.45, 7) is 4.43. The molecule has 1 heterocycles. The first-order valence-corrected chi connectivity index (χ1v) is 6.01. The summed E-state index contributed by atoms with van der Waals surface area (Å²) in [5, 5.41) is 1.41. The second-order valence-electron chi connectivity index (χ2n) is 3.14. The Morgan fingerprint density at radius 1 is 1.38 bits per heavy atom. The summed E-state index contributed by atoms with van der Waals surface area (Å²) >= 11 is 5.40. The lowest BCUT2D eigenvalue weighted by Gasteiger charge is -1.93. The maximum Gasteiger partial charge on any atom is 0.0359 e. The topological polar surface area (TPSA) is 0 Å². The van der Waals surface area contributed by atoms with Crippen LogP contribution in [0.1, 0.15) is 17.4 Å². The molecule has 0 aliphatic carbocycles. The van der Waals surface area contributed by atoms with E-state index in [4.69, 9.17) is 0 Å². The average Bonchev–Trinajstić information content (AvgIpc) is 2.42. The highest BCUT2D eigenvalue weighted by atomic mass is 79.9. The van der Waals surface area contributed by atoms with Crippen molar-refractivity contribution in [1.82, 2.24) is 0 Å². The molecule has 0 saturated heterocycles. The Kier molecular flexibility index (Phi) is 2.43. The van der Waals surface area contributed by atoms with Crippen molar-refractivity contribution in [3.8, 4) is 0 Å². The quantitative estimate of drug-likeness (QED) is 0.702. The van der Waals surface area contributed by atoms with Gasteiger partial charge >= 0.3 is 0 Å². The minimum absolute atomic E-state index is 1.14. The van der Waals surface area contributed by atoms with E-state index < -0.39 is 0 Å². The average molecular weight is 255 g/mol. The van der Waals surface area contributed by atoms with Crippen molar-refractivity contribution in [1.29, 1.82) is 0 Å². The van der Waals surface area contributed by atoms with Gasteiger partial charge in [0.25, 0.3) is 0 Å². The lowest BCUT2D eigenvalue weighted by atomic mass is 10.1. The zero-order valence-corrected chi connectivity index (χ0v) is 10.1. The number of fused-ring (bicyclic) bond motifs is 1. The fraction of sp³-hybridized carbons (Fsp3) is 0.273. The van der Waals surface area contributed by atoms with Crippen LogP contribution in [0.25, 0.3) is 10.1 Å². The molecule has 0 N–H and O–H groups in total. The van der Waals surface area contributed by atoms with E-state index in [-0.39, 0.29) is 0 Å². The fourth-order valence-corrected chi connectivity index (χ4v) is 3.29. The van der Waals surface area contributed by atoms with E-state index in [2.05, 4.69) is 48.0 Å². The van der Waals surface area contributed by atoms with E-state index in [0.29, 0.717) is 0 Å². The molecule has 0 saturated carbocycles. The molecule has 68 valence electrons. The monoisotopic (exact) mass is 254 g/mol. The molecule has 2 aromatic rings. The molecule has 0 amide bonds. The molecule has 0 fully saturated rings. The van der Waals surface area contributed by atoms with Crippen LogP contribution in [0.4, 0.5) is 0 Å². The van der Waals surface area contributed by atoms with Crippen LogP contribution in [0, 0.1) is 6.92 Å². The first-order chi connectivity index (χ1) is 6.22. The highest BCUT2D eigenvalue weighted by molar-refractivity contribution is 9.10. The zero-order chi connectivity index (χ0) is 9.42. The van der Waals surface area contributed by atoms with Gasteiger partial charge in [-0.1, -0.05) is 28.9 Å². The first kappa shape index (κ1) is 9.22. The molecule has 2 heteroatoms. The molecule has 0 radical (unpaired) electrons. The maximum absolute atomic E-state index is 3.49. The van der Waals surface area contributed by atoms with Gasteiger partial charge in [0.15, 0.2) is 0 Å². The summed E-state index contributed by atoms with van der Waals surface area (Å²) in [4.78, 5) is 1.51. The normalized spacial score (nSPS) is 11.0. The highest BCUT2D eigenvalue weighted by Crippen LogP contribution is 2.32. The van der Waals surface area contributed by atoms with Gasteiger partial charge in [-0.3, -0.25) is 0 Å². The standard InChI is InChI=1S/C11H11BrS/c1-3-10-7(2)9-5-4-8(12)6-11(9)13-10/h4-6H,3H2,1-2H3. The summed E-state index contributed by atoms with van der Waals surface area (Å²) in [6, 6.07) is 6.51. The smallest absolute Gasteiger partial charge is 0.0359 e. The molecule has 0 unspecified atom stereocenters. The Labute approximate surface area is 90.7 Å². The van der Waals surface area contributed by atoms with Crippen molar-refractivity contribution in [3.63, 3.8) is 0 Å². The molecule has 0 aliphatic heterocycles. The van der Waals surface area contributed by atoms with Crippen LogP contribution >= 0.6 is 27.3 Å². The third-order valence-corrected chi connectivity index (χ3v) is 4.21. The summed E-state index contributed by atoms with van der Waals surface area (Å²) in [6.07, 6.45) is 1.14. The van der Waals surface area contributed by atoms with Crippen LogP contribution in [0.15, 0.2) is 22.7 Å². The predicted octanol–water partition coefficient (Wildman–Crippen LogP) is 4.53. The Morgan fingerprint density at radius 2 is 2.15 bits per heavy atom. The minimum atomic E-state index is 1.14. The second kappa shape index (κ2) is 3.43. The first-order valence-electron chi connectivity index (χ1n) is 4.40. The number of aryl methyl sites for hydroxylation is 2. The van der Waals surface area contributed by atoms with Gasteiger partial charge in [0, 0.05) is 14.0 Å². The van der Waals surface area contributed by atoms with Gasteiger partial charge in [-0.25, -0.2) is 0 Å². The van der Waals surface area contributed by atoms with Crippen LogP contribution in [-0.4, -0.2) is 0 Å². The number of hydrogen-bond donors (Lipinski definition) is 0. The molecule has 1 aromatic heterocycles. The maximum atomic E-state index is 3.49. The Balaban J connectivity index is 2.76. The van der Waals surface area contributed by atoms with Crippen LogP contribution < -0.4 is 0 Å². The molecule has 0 nitrogen and oxygen atoms in total. The van der Waals surface area contributed by atoms with Crippen LogP contribution in [0.2, 0.25) is 0 Å². The fourth-order valence-electron chi connectivity index (χ4n) is 1.59. The van der Waals surface area contributed by atoms with Crippen molar-refractivity contribution in [2.45, 2.75) is 20.3 Å². The molecular weight excluding hydrogens is 244 g/mol. The van der Waals surface area contributed by atoms with Crippen molar-refractivity contribution >= 4 is 37.4 Å². The number of hydrogen-bond acceptors (Lipinski definition) is 1. The third-order valence-electron chi connectivity index (χ3n) is 2.32. The molecule has 1 aromatic carbocycles. The van der Waals surface area contributed by atoms with Gasteiger partial charge in [0.1, 0.15) is 0 Å². The minimum Gasteiger partial charge on any atom is -0.140 e. The number of rotatable bonds is 1. The lowest BCUT2D eigenvalue weighted by Crippen LogP contribution is -1.75. The third kappa shape index (κ3) is 1.53. The van der Waals surface area contributed by atoms with Gasteiger partial charge in [-0.2, -0.15) is 0 Å². The van der Waals surface area contributed by atoms with Crippen LogP contribution in [-0.2, 0) is 6.42 Å². The van der Waals surface area contributed by atoms with Gasteiger partial charge in [0.2, 0.25) is 0 Å². The van der Waals surface area contributed by atoms with Crippen LogP contribution in [0.5, 0.6) is 0 Å². The van der Waals surface area contributed by atoms with Gasteiger partial charge in [0.05, 0.1) is 0 Å².